The second-order valence-corrected chi connectivity index (χ2v) is 6.53. The minimum absolute atomic E-state index is 0.141. The van der Waals surface area contributed by atoms with E-state index in [1.807, 2.05) is 24.5 Å². The van der Waals surface area contributed by atoms with Crippen LogP contribution in [-0.4, -0.2) is 32.5 Å². The number of methoxy groups -OCH3 is 1. The van der Waals surface area contributed by atoms with E-state index in [9.17, 15) is 10.1 Å². The van der Waals surface area contributed by atoms with Gasteiger partial charge < -0.3 is 14.8 Å². The number of thioether (sulfide) groups is 1. The normalized spacial score (nSPS) is 17.2. The molecular weight excluding hydrogens is 360 g/mol. The van der Waals surface area contributed by atoms with Crippen molar-refractivity contribution in [3.05, 3.63) is 56.7 Å². The van der Waals surface area contributed by atoms with Gasteiger partial charge >= 0.3 is 5.97 Å². The molecule has 0 aromatic heterocycles. The molecule has 1 aromatic carbocycles. The highest BCUT2D eigenvalue weighted by Crippen LogP contribution is 2.42. The molecule has 1 heterocycles. The van der Waals surface area contributed by atoms with E-state index in [1.165, 1.54) is 18.9 Å². The van der Waals surface area contributed by atoms with Gasteiger partial charge in [0.1, 0.15) is 6.61 Å². The lowest BCUT2D eigenvalue weighted by Crippen LogP contribution is -2.29. The van der Waals surface area contributed by atoms with Crippen LogP contribution in [0.4, 0.5) is 0 Å². The van der Waals surface area contributed by atoms with Gasteiger partial charge in [-0.1, -0.05) is 29.8 Å². The quantitative estimate of drug-likeness (QED) is 0.602. The zero-order valence-electron chi connectivity index (χ0n) is 14.3. The van der Waals surface area contributed by atoms with E-state index in [4.69, 9.17) is 21.1 Å². The van der Waals surface area contributed by atoms with Crippen LogP contribution in [0.5, 0.6) is 0 Å². The third-order valence-electron chi connectivity index (χ3n) is 3.81. The van der Waals surface area contributed by atoms with E-state index in [-0.39, 0.29) is 6.61 Å². The van der Waals surface area contributed by atoms with Gasteiger partial charge in [0.2, 0.25) is 0 Å². The number of allylic oxidation sites excluding steroid dienone is 2. The lowest BCUT2D eigenvalue weighted by Gasteiger charge is -2.29. The fourth-order valence-electron chi connectivity index (χ4n) is 2.66. The number of hydrogen-bond acceptors (Lipinski definition) is 6. The number of nitrogens with zero attached hydrogens (tertiary/aromatic N) is 1. The van der Waals surface area contributed by atoms with Gasteiger partial charge in [-0.15, -0.1) is 11.8 Å². The average Bonchev–Trinajstić information content (AvgIpc) is 2.61. The molecule has 0 aliphatic carbocycles. The lowest BCUT2D eigenvalue weighted by molar-refractivity contribution is -0.140. The second-order valence-electron chi connectivity index (χ2n) is 5.31. The van der Waals surface area contributed by atoms with Gasteiger partial charge in [0.25, 0.3) is 0 Å². The van der Waals surface area contributed by atoms with Crippen molar-refractivity contribution in [3.8, 4) is 6.07 Å². The summed E-state index contributed by atoms with van der Waals surface area (Å²) in [7, 11) is 1.54. The summed E-state index contributed by atoms with van der Waals surface area (Å²) in [6.45, 7) is 2.24. The van der Waals surface area contributed by atoms with Gasteiger partial charge in [-0.25, -0.2) is 4.79 Å². The van der Waals surface area contributed by atoms with Crippen molar-refractivity contribution in [2.24, 2.45) is 0 Å². The summed E-state index contributed by atoms with van der Waals surface area (Å²) >= 11 is 7.78. The first-order valence-corrected chi connectivity index (χ1v) is 9.21. The van der Waals surface area contributed by atoms with Crippen molar-refractivity contribution in [1.82, 2.24) is 5.32 Å². The van der Waals surface area contributed by atoms with Crippen molar-refractivity contribution >= 4 is 29.3 Å². The van der Waals surface area contributed by atoms with Crippen LogP contribution in [0.15, 0.2) is 46.1 Å². The molecule has 1 unspecified atom stereocenters. The number of carbonyl (C=O) groups is 1. The Bertz CT molecular complexity index is 768. The molecule has 1 aliphatic heterocycles. The maximum Gasteiger partial charge on any atom is 0.336 e. The van der Waals surface area contributed by atoms with Gasteiger partial charge in [0.15, 0.2) is 0 Å². The van der Waals surface area contributed by atoms with E-state index < -0.39 is 11.9 Å². The first-order chi connectivity index (χ1) is 12.0. The van der Waals surface area contributed by atoms with Crippen LogP contribution in [0.1, 0.15) is 18.4 Å². The fourth-order valence-corrected chi connectivity index (χ4v) is 3.54. The summed E-state index contributed by atoms with van der Waals surface area (Å²) in [6.07, 6.45) is 1.87. The number of ether oxygens (including phenoxy) is 2. The SMILES string of the molecule is COCCOC(=O)C1=C(C)NC(SC)=C(C#N)C1c1ccccc1Cl. The first kappa shape index (κ1) is 19.4. The number of benzene rings is 1. The molecule has 1 atom stereocenters. The molecule has 25 heavy (non-hydrogen) atoms. The number of rotatable bonds is 6. The molecule has 0 radical (unpaired) electrons. The van der Waals surface area contributed by atoms with E-state index in [0.717, 1.165) is 0 Å². The molecule has 1 aromatic rings. The number of hydrogen-bond donors (Lipinski definition) is 1. The van der Waals surface area contributed by atoms with Crippen LogP contribution < -0.4 is 5.32 Å². The number of carbonyl (C=O) groups excluding carboxylic acids is 1. The van der Waals surface area contributed by atoms with Crippen LogP contribution in [0.2, 0.25) is 5.02 Å². The summed E-state index contributed by atoms with van der Waals surface area (Å²) in [5.74, 6) is -1.06. The number of halogens is 1. The Labute approximate surface area is 156 Å². The third-order valence-corrected chi connectivity index (χ3v) is 4.88. The Morgan fingerprint density at radius 2 is 2.12 bits per heavy atom. The highest BCUT2D eigenvalue weighted by atomic mass is 35.5. The maximum absolute atomic E-state index is 12.7. The van der Waals surface area contributed by atoms with Gasteiger partial charge in [-0.05, 0) is 24.8 Å². The summed E-state index contributed by atoms with van der Waals surface area (Å²) in [6, 6.07) is 9.44. The van der Waals surface area contributed by atoms with Crippen LogP contribution in [0.3, 0.4) is 0 Å². The molecule has 1 aliphatic rings. The summed E-state index contributed by atoms with van der Waals surface area (Å²) < 4.78 is 10.2. The van der Waals surface area contributed by atoms with Crippen molar-refractivity contribution < 1.29 is 14.3 Å². The lowest BCUT2D eigenvalue weighted by atomic mass is 9.82. The third kappa shape index (κ3) is 4.18. The standard InChI is InChI=1S/C18H19ClN2O3S/c1-11-15(18(22)24-9-8-23-2)16(12-6-4-5-7-14(12)19)13(10-20)17(21-11)25-3/h4-7,16,21H,8-9H2,1-3H3. The molecule has 0 spiro atoms. The topological polar surface area (TPSA) is 71.3 Å². The molecular formula is C18H19ClN2O3S. The molecule has 0 fully saturated rings. The molecule has 0 bridgehead atoms. The Morgan fingerprint density at radius 1 is 1.40 bits per heavy atom. The monoisotopic (exact) mass is 378 g/mol. The highest BCUT2D eigenvalue weighted by molar-refractivity contribution is 8.02. The number of dihydropyridines is 1. The molecule has 0 amide bonds. The number of esters is 1. The zero-order valence-corrected chi connectivity index (χ0v) is 15.8. The Morgan fingerprint density at radius 3 is 2.72 bits per heavy atom. The number of nitriles is 1. The number of nitrogens with one attached hydrogen (secondary N) is 1. The van der Waals surface area contributed by atoms with Crippen LogP contribution >= 0.6 is 23.4 Å². The second kappa shape index (κ2) is 8.95. The van der Waals surface area contributed by atoms with E-state index in [1.54, 1.807) is 13.0 Å². The first-order valence-electron chi connectivity index (χ1n) is 7.61. The zero-order chi connectivity index (χ0) is 18.4. The van der Waals surface area contributed by atoms with Crippen molar-refractivity contribution in [2.45, 2.75) is 12.8 Å². The van der Waals surface area contributed by atoms with E-state index >= 15 is 0 Å². The molecule has 0 saturated heterocycles. The maximum atomic E-state index is 12.7. The van der Waals surface area contributed by atoms with E-state index in [0.29, 0.717) is 39.1 Å². The largest absolute Gasteiger partial charge is 0.460 e. The van der Waals surface area contributed by atoms with Crippen molar-refractivity contribution in [2.75, 3.05) is 26.6 Å². The smallest absolute Gasteiger partial charge is 0.336 e. The summed E-state index contributed by atoms with van der Waals surface area (Å²) in [4.78, 5) is 12.7. The van der Waals surface area contributed by atoms with Gasteiger partial charge in [0, 0.05) is 17.8 Å². The van der Waals surface area contributed by atoms with Gasteiger partial charge in [-0.3, -0.25) is 0 Å². The summed E-state index contributed by atoms with van der Waals surface area (Å²) in [5.41, 5.74) is 2.19. The summed E-state index contributed by atoms with van der Waals surface area (Å²) in [5, 5.41) is 14.1. The molecule has 132 valence electrons. The van der Waals surface area contributed by atoms with Crippen LogP contribution in [0, 0.1) is 11.3 Å². The minimum Gasteiger partial charge on any atom is -0.460 e. The molecule has 7 heteroatoms. The fraction of sp³-hybridized carbons (Fsp3) is 0.333. The minimum atomic E-state index is -0.572. The van der Waals surface area contributed by atoms with Gasteiger partial charge in [0.05, 0.1) is 34.8 Å². The predicted molar refractivity (Wildman–Crippen MR) is 99.0 cm³/mol. The average molecular weight is 379 g/mol. The molecule has 5 nitrogen and oxygen atoms in total. The Balaban J connectivity index is 2.53. The highest BCUT2D eigenvalue weighted by Gasteiger charge is 2.36. The molecule has 1 N–H and O–H groups in total. The molecule has 2 rings (SSSR count). The molecule has 0 saturated carbocycles. The van der Waals surface area contributed by atoms with Crippen molar-refractivity contribution in [3.63, 3.8) is 0 Å². The van der Waals surface area contributed by atoms with Crippen molar-refractivity contribution in [1.29, 1.82) is 5.26 Å². The van der Waals surface area contributed by atoms with Crippen LogP contribution in [-0.2, 0) is 14.3 Å². The predicted octanol–water partition coefficient (Wildman–Crippen LogP) is 3.59. The Kier molecular flexibility index (Phi) is 6.94. The van der Waals surface area contributed by atoms with Gasteiger partial charge in [-0.2, -0.15) is 5.26 Å². The Hall–Kier alpha value is -1.94. The van der Waals surface area contributed by atoms with Crippen LogP contribution in [0.25, 0.3) is 0 Å². The van der Waals surface area contributed by atoms with E-state index in [2.05, 4.69) is 11.4 Å².